The molecular formula is C9H4N2O5Si. The second-order valence-electron chi connectivity index (χ2n) is 3.08. The average Bonchev–Trinajstić information content (AvgIpc) is 2.67. The largest absolute Gasteiger partial charge is 0.778 e. The highest BCUT2D eigenvalue weighted by atomic mass is 28.2. The fraction of sp³-hybridized carbons (Fsp3) is 0.111. The summed E-state index contributed by atoms with van der Waals surface area (Å²) in [5, 5.41) is 0. The molecule has 0 bridgehead atoms. The Morgan fingerprint density at radius 1 is 1.18 bits per heavy atom. The molecule has 0 N–H and O–H groups in total. The zero-order valence-electron chi connectivity index (χ0n) is 8.51. The Morgan fingerprint density at radius 2 is 1.82 bits per heavy atom. The van der Waals surface area contributed by atoms with Crippen LogP contribution >= 0.6 is 0 Å². The third kappa shape index (κ3) is 1.83. The fourth-order valence-electron chi connectivity index (χ4n) is 1.44. The number of hydrogen-bond donors (Lipinski definition) is 0. The van der Waals surface area contributed by atoms with Crippen molar-refractivity contribution in [3.8, 4) is 0 Å². The lowest BCUT2D eigenvalue weighted by molar-refractivity contribution is 0.475. The summed E-state index contributed by atoms with van der Waals surface area (Å²) in [6.45, 7) is 1.65. The van der Waals surface area contributed by atoms with Crippen LogP contribution in [0.2, 0.25) is 0 Å². The number of fused-ring (bicyclic) bond motifs is 1. The number of rotatable bonds is 2. The summed E-state index contributed by atoms with van der Waals surface area (Å²) in [5.74, 6) is 0. The van der Waals surface area contributed by atoms with Gasteiger partial charge in [-0.3, -0.25) is 4.46 Å². The van der Waals surface area contributed by atoms with E-state index in [-0.39, 0.29) is 22.5 Å². The third-order valence-corrected chi connectivity index (χ3v) is 2.81. The van der Waals surface area contributed by atoms with Crippen LogP contribution in [0.1, 0.15) is 5.56 Å². The predicted octanol–water partition coefficient (Wildman–Crippen LogP) is 1.77. The Bertz CT molecular complexity index is 747. The van der Waals surface area contributed by atoms with E-state index in [0.717, 1.165) is 0 Å². The number of benzene rings is 1. The molecule has 0 fully saturated rings. The van der Waals surface area contributed by atoms with E-state index in [1.807, 2.05) is 0 Å². The van der Waals surface area contributed by atoms with Crippen LogP contribution in [0, 0.1) is 6.92 Å². The van der Waals surface area contributed by atoms with Crippen molar-refractivity contribution >= 4 is 43.5 Å². The van der Waals surface area contributed by atoms with Gasteiger partial charge in [-0.15, -0.1) is 0 Å². The van der Waals surface area contributed by atoms with Crippen molar-refractivity contribution in [3.63, 3.8) is 0 Å². The monoisotopic (exact) mass is 248 g/mol. The van der Waals surface area contributed by atoms with Crippen LogP contribution in [-0.2, 0) is 14.1 Å². The van der Waals surface area contributed by atoms with Gasteiger partial charge in [0.2, 0.25) is 12.2 Å². The lowest BCUT2D eigenvalue weighted by Gasteiger charge is -1.99. The number of aryl methyl sites for hydroxylation is 1. The van der Waals surface area contributed by atoms with E-state index in [1.54, 1.807) is 6.92 Å². The molecular weight excluding hydrogens is 244 g/mol. The first kappa shape index (κ1) is 11.1. The topological polar surface area (TPSA) is 102 Å². The van der Waals surface area contributed by atoms with Crippen LogP contribution in [0.3, 0.4) is 0 Å². The second kappa shape index (κ2) is 4.23. The molecule has 1 aromatic carbocycles. The molecule has 0 spiro atoms. The van der Waals surface area contributed by atoms with E-state index < -0.39 is 8.80 Å². The zero-order valence-corrected chi connectivity index (χ0v) is 9.51. The summed E-state index contributed by atoms with van der Waals surface area (Å²) in [5.41, 5.74) is 0.869. The number of isocyanates is 2. The molecule has 0 amide bonds. The minimum Gasteiger partial charge on any atom is -0.455 e. The molecule has 0 aliphatic carbocycles. The molecule has 2 rings (SSSR count). The molecule has 1 heterocycles. The smallest absolute Gasteiger partial charge is 0.455 e. The highest BCUT2D eigenvalue weighted by Gasteiger charge is 2.17. The molecule has 0 aliphatic rings. The van der Waals surface area contributed by atoms with Gasteiger partial charge in [0, 0.05) is 0 Å². The van der Waals surface area contributed by atoms with Gasteiger partial charge in [-0.2, -0.15) is 9.98 Å². The van der Waals surface area contributed by atoms with Crippen molar-refractivity contribution in [2.75, 3.05) is 0 Å². The average molecular weight is 248 g/mol. The van der Waals surface area contributed by atoms with Gasteiger partial charge in [0.15, 0.2) is 11.2 Å². The summed E-state index contributed by atoms with van der Waals surface area (Å²) in [6.07, 6.45) is 2.64. The van der Waals surface area contributed by atoms with E-state index in [9.17, 15) is 14.1 Å². The van der Waals surface area contributed by atoms with Gasteiger partial charge in [0.05, 0.1) is 0 Å². The molecule has 0 radical (unpaired) electrons. The summed E-state index contributed by atoms with van der Waals surface area (Å²) >= 11 is 0. The van der Waals surface area contributed by atoms with Gasteiger partial charge in [-0.1, -0.05) is 0 Å². The first-order valence-corrected chi connectivity index (χ1v) is 5.63. The second-order valence-corrected chi connectivity index (χ2v) is 3.99. The molecule has 2 aromatic rings. The molecule has 7 nitrogen and oxygen atoms in total. The summed E-state index contributed by atoms with van der Waals surface area (Å²) in [7, 11) is -2.69. The number of nitrogens with zero attached hydrogens (tertiary/aromatic N) is 2. The molecule has 1 aromatic heterocycles. The number of carbonyl (C=O) groups excluding carboxylic acids is 2. The van der Waals surface area contributed by atoms with Crippen LogP contribution in [-0.4, -0.2) is 21.0 Å². The normalized spacial score (nSPS) is 9.71. The van der Waals surface area contributed by atoms with Crippen molar-refractivity contribution in [2.45, 2.75) is 6.92 Å². The van der Waals surface area contributed by atoms with E-state index in [4.69, 9.17) is 8.19 Å². The molecule has 84 valence electrons. The van der Waals surface area contributed by atoms with Crippen LogP contribution in [0.4, 0.5) is 11.4 Å². The van der Waals surface area contributed by atoms with Gasteiger partial charge in [-0.25, -0.2) is 9.59 Å². The molecule has 0 saturated carbocycles. The van der Waals surface area contributed by atoms with E-state index >= 15 is 0 Å². The molecule has 8 heteroatoms. The quantitative estimate of drug-likeness (QED) is 0.457. The Hall–Kier alpha value is -2.40. The molecule has 0 aliphatic heterocycles. The van der Waals surface area contributed by atoms with Gasteiger partial charge < -0.3 is 8.19 Å². The highest BCUT2D eigenvalue weighted by Crippen LogP contribution is 2.37. The molecule has 17 heavy (non-hydrogen) atoms. The number of hydrogen-bond acceptors (Lipinski definition) is 7. The van der Waals surface area contributed by atoms with E-state index in [0.29, 0.717) is 5.56 Å². The molecule has 0 saturated heterocycles. The maximum Gasteiger partial charge on any atom is 0.778 e. The Kier molecular flexibility index (Phi) is 2.76. The molecule has 0 atom stereocenters. The maximum atomic E-state index is 11.2. The van der Waals surface area contributed by atoms with Gasteiger partial charge in [0.1, 0.15) is 11.4 Å². The van der Waals surface area contributed by atoms with Crippen LogP contribution in [0.15, 0.2) is 24.2 Å². The first-order valence-electron chi connectivity index (χ1n) is 4.40. The summed E-state index contributed by atoms with van der Waals surface area (Å²) in [4.78, 5) is 27.3. The minimum absolute atomic E-state index is 0.0336. The van der Waals surface area contributed by atoms with Crippen molar-refractivity contribution in [1.82, 2.24) is 0 Å². The van der Waals surface area contributed by atoms with Crippen LogP contribution in [0.5, 0.6) is 0 Å². The molecule has 0 unspecified atom stereocenters. The SMILES string of the molecule is Cc1cc(N=C=O)c(N=C=O)c2o[si](=O)oc12. The lowest BCUT2D eigenvalue weighted by Crippen LogP contribution is -1.77. The summed E-state index contributed by atoms with van der Waals surface area (Å²) in [6, 6.07) is 1.45. The standard InChI is InChI=1S/C9H4N2O5Si/c1-5-2-6(10-3-12)7(11-4-13)9-8(5)15-17(14)16-9/h2H,1H3. The Morgan fingerprint density at radius 3 is 2.47 bits per heavy atom. The van der Waals surface area contributed by atoms with Gasteiger partial charge >= 0.3 is 8.80 Å². The maximum absolute atomic E-state index is 11.2. The van der Waals surface area contributed by atoms with E-state index in [1.165, 1.54) is 18.2 Å². The van der Waals surface area contributed by atoms with Crippen molar-refractivity contribution < 1.29 is 22.2 Å². The minimum atomic E-state index is -2.69. The van der Waals surface area contributed by atoms with Crippen molar-refractivity contribution in [3.05, 3.63) is 11.6 Å². The third-order valence-electron chi connectivity index (χ3n) is 2.07. The number of aliphatic imine (C=N–C) groups is 2. The predicted molar refractivity (Wildman–Crippen MR) is 55.2 cm³/mol. The summed E-state index contributed by atoms with van der Waals surface area (Å²) < 4.78 is 21.0. The van der Waals surface area contributed by atoms with E-state index in [2.05, 4.69) is 9.98 Å². The van der Waals surface area contributed by atoms with Crippen molar-refractivity contribution in [1.29, 1.82) is 0 Å². The first-order chi connectivity index (χ1) is 8.17. The van der Waals surface area contributed by atoms with Crippen LogP contribution < -0.4 is 0 Å². The Balaban J connectivity index is 3.01. The fourth-order valence-corrected chi connectivity index (χ4v) is 2.26. The zero-order chi connectivity index (χ0) is 12.4. The highest BCUT2D eigenvalue weighted by molar-refractivity contribution is 6.18. The lowest BCUT2D eigenvalue weighted by atomic mass is 10.1. The van der Waals surface area contributed by atoms with Gasteiger partial charge in [-0.05, 0) is 18.6 Å². The Labute approximate surface area is 94.9 Å². The van der Waals surface area contributed by atoms with Crippen LogP contribution in [0.25, 0.3) is 11.2 Å². The van der Waals surface area contributed by atoms with Gasteiger partial charge in [0.25, 0.3) is 0 Å². The van der Waals surface area contributed by atoms with Crippen molar-refractivity contribution in [2.24, 2.45) is 9.98 Å².